The molecule has 0 heterocycles. The molecule has 0 aliphatic heterocycles. The molecule has 1 aromatic carbocycles. The lowest BCUT2D eigenvalue weighted by atomic mass is 10.1. The molecule has 1 rings (SSSR count). The highest BCUT2D eigenvalue weighted by atomic mass is 16.3. The van der Waals surface area contributed by atoms with Gasteiger partial charge in [-0.05, 0) is 12.1 Å². The Morgan fingerprint density at radius 1 is 1.25 bits per heavy atom. The maximum Gasteiger partial charge on any atom is 0.224 e. The number of phenolic OH excluding ortho intramolecular Hbond substituents is 1. The SMILES string of the molecule is CCC(=O)Nc1ccc(C(=O)CC)c(O)c1. The molecule has 16 heavy (non-hydrogen) atoms. The number of carbonyl (C=O) groups excluding carboxylic acids is 2. The molecule has 86 valence electrons. The van der Waals surface area contributed by atoms with Crippen molar-refractivity contribution in [2.24, 2.45) is 0 Å². The van der Waals surface area contributed by atoms with Crippen molar-refractivity contribution in [1.82, 2.24) is 0 Å². The molecule has 0 aromatic heterocycles. The lowest BCUT2D eigenvalue weighted by molar-refractivity contribution is -0.115. The molecular weight excluding hydrogens is 206 g/mol. The van der Waals surface area contributed by atoms with Gasteiger partial charge >= 0.3 is 0 Å². The summed E-state index contributed by atoms with van der Waals surface area (Å²) in [5.41, 5.74) is 0.786. The van der Waals surface area contributed by atoms with Gasteiger partial charge in [-0.2, -0.15) is 0 Å². The third-order valence-corrected chi connectivity index (χ3v) is 2.22. The molecule has 0 aliphatic rings. The van der Waals surface area contributed by atoms with Gasteiger partial charge in [0, 0.05) is 24.6 Å². The molecule has 1 aromatic rings. The zero-order chi connectivity index (χ0) is 12.1. The quantitative estimate of drug-likeness (QED) is 0.767. The number of benzene rings is 1. The fourth-order valence-corrected chi connectivity index (χ4v) is 1.29. The summed E-state index contributed by atoms with van der Waals surface area (Å²) in [5.74, 6) is -0.347. The van der Waals surface area contributed by atoms with Crippen LogP contribution in [0, 0.1) is 0 Å². The number of Topliss-reactive ketones (excluding diaryl/α,β-unsaturated/α-hetero) is 1. The first-order chi connectivity index (χ1) is 7.58. The normalized spacial score (nSPS) is 9.88. The van der Waals surface area contributed by atoms with Crippen molar-refractivity contribution in [2.45, 2.75) is 26.7 Å². The van der Waals surface area contributed by atoms with Crippen LogP contribution in [0.1, 0.15) is 37.0 Å². The molecule has 4 heteroatoms. The van der Waals surface area contributed by atoms with Crippen LogP contribution in [0.3, 0.4) is 0 Å². The van der Waals surface area contributed by atoms with Crippen molar-refractivity contribution in [2.75, 3.05) is 5.32 Å². The number of hydrogen-bond acceptors (Lipinski definition) is 3. The van der Waals surface area contributed by atoms with Crippen LogP contribution in [-0.2, 0) is 4.79 Å². The fraction of sp³-hybridized carbons (Fsp3) is 0.333. The van der Waals surface area contributed by atoms with Gasteiger partial charge in [-0.25, -0.2) is 0 Å². The van der Waals surface area contributed by atoms with Gasteiger partial charge < -0.3 is 10.4 Å². The van der Waals surface area contributed by atoms with Crippen LogP contribution in [0.2, 0.25) is 0 Å². The van der Waals surface area contributed by atoms with Crippen LogP contribution in [0.5, 0.6) is 5.75 Å². The minimum absolute atomic E-state index is 0.0965. The molecule has 0 saturated carbocycles. The second kappa shape index (κ2) is 5.30. The molecule has 0 atom stereocenters. The smallest absolute Gasteiger partial charge is 0.224 e. The molecular formula is C12H15NO3. The van der Waals surface area contributed by atoms with Gasteiger partial charge in [0.2, 0.25) is 5.91 Å². The van der Waals surface area contributed by atoms with Crippen molar-refractivity contribution >= 4 is 17.4 Å². The van der Waals surface area contributed by atoms with Crippen molar-refractivity contribution < 1.29 is 14.7 Å². The minimum Gasteiger partial charge on any atom is -0.507 e. The Morgan fingerprint density at radius 3 is 2.44 bits per heavy atom. The second-order valence-corrected chi connectivity index (χ2v) is 3.41. The summed E-state index contributed by atoms with van der Waals surface area (Å²) < 4.78 is 0. The first-order valence-corrected chi connectivity index (χ1v) is 5.24. The zero-order valence-electron chi connectivity index (χ0n) is 9.41. The van der Waals surface area contributed by atoms with Crippen molar-refractivity contribution in [3.8, 4) is 5.75 Å². The van der Waals surface area contributed by atoms with E-state index in [1.54, 1.807) is 19.9 Å². The van der Waals surface area contributed by atoms with E-state index in [2.05, 4.69) is 5.32 Å². The van der Waals surface area contributed by atoms with E-state index >= 15 is 0 Å². The first-order valence-electron chi connectivity index (χ1n) is 5.24. The maximum absolute atomic E-state index is 11.4. The predicted molar refractivity (Wildman–Crippen MR) is 61.6 cm³/mol. The summed E-state index contributed by atoms with van der Waals surface area (Å²) in [6, 6.07) is 4.51. The number of rotatable bonds is 4. The molecule has 2 N–H and O–H groups in total. The molecule has 4 nitrogen and oxygen atoms in total. The van der Waals surface area contributed by atoms with E-state index in [0.717, 1.165) is 0 Å². The summed E-state index contributed by atoms with van der Waals surface area (Å²) in [6.07, 6.45) is 0.713. The van der Waals surface area contributed by atoms with Crippen LogP contribution in [-0.4, -0.2) is 16.8 Å². The number of hydrogen-bond donors (Lipinski definition) is 2. The van der Waals surface area contributed by atoms with E-state index in [1.165, 1.54) is 12.1 Å². The standard InChI is InChI=1S/C12H15NO3/c1-3-10(14)9-6-5-8(7-11(9)15)13-12(16)4-2/h5-7,15H,3-4H2,1-2H3,(H,13,16). The van der Waals surface area contributed by atoms with E-state index in [4.69, 9.17) is 0 Å². The Balaban J connectivity index is 2.91. The average molecular weight is 221 g/mol. The van der Waals surface area contributed by atoms with E-state index in [9.17, 15) is 14.7 Å². The molecule has 0 saturated heterocycles. The highest BCUT2D eigenvalue weighted by Gasteiger charge is 2.10. The molecule has 0 bridgehead atoms. The van der Waals surface area contributed by atoms with Gasteiger partial charge in [0.15, 0.2) is 5.78 Å². The van der Waals surface area contributed by atoms with Crippen molar-refractivity contribution in [3.05, 3.63) is 23.8 Å². The molecule has 0 unspecified atom stereocenters. The summed E-state index contributed by atoms with van der Waals surface area (Å²) in [4.78, 5) is 22.5. The van der Waals surface area contributed by atoms with Crippen molar-refractivity contribution in [1.29, 1.82) is 0 Å². The second-order valence-electron chi connectivity index (χ2n) is 3.41. The maximum atomic E-state index is 11.4. The van der Waals surface area contributed by atoms with Gasteiger partial charge in [0.25, 0.3) is 0 Å². The molecule has 0 aliphatic carbocycles. The van der Waals surface area contributed by atoms with Crippen LogP contribution in [0.4, 0.5) is 5.69 Å². The Morgan fingerprint density at radius 2 is 1.94 bits per heavy atom. The number of ketones is 1. The monoisotopic (exact) mass is 221 g/mol. The van der Waals surface area contributed by atoms with E-state index in [0.29, 0.717) is 18.5 Å². The number of carbonyl (C=O) groups is 2. The number of aromatic hydroxyl groups is 1. The lowest BCUT2D eigenvalue weighted by Crippen LogP contribution is -2.09. The van der Waals surface area contributed by atoms with Gasteiger partial charge in [0.05, 0.1) is 5.56 Å². The zero-order valence-corrected chi connectivity index (χ0v) is 9.41. The summed E-state index contributed by atoms with van der Waals surface area (Å²) >= 11 is 0. The Bertz CT molecular complexity index is 413. The molecule has 0 fully saturated rings. The van der Waals surface area contributed by atoms with Crippen LogP contribution < -0.4 is 5.32 Å². The highest BCUT2D eigenvalue weighted by molar-refractivity contribution is 5.99. The fourth-order valence-electron chi connectivity index (χ4n) is 1.29. The van der Waals surface area contributed by atoms with E-state index < -0.39 is 0 Å². The summed E-state index contributed by atoms with van der Waals surface area (Å²) in [5, 5.41) is 12.2. The van der Waals surface area contributed by atoms with Gasteiger partial charge in [-0.15, -0.1) is 0 Å². The number of anilines is 1. The molecule has 0 spiro atoms. The third kappa shape index (κ3) is 2.82. The largest absolute Gasteiger partial charge is 0.507 e. The van der Waals surface area contributed by atoms with Gasteiger partial charge in [-0.3, -0.25) is 9.59 Å². The van der Waals surface area contributed by atoms with Gasteiger partial charge in [-0.1, -0.05) is 13.8 Å². The number of phenols is 1. The number of amides is 1. The number of nitrogens with one attached hydrogen (secondary N) is 1. The van der Waals surface area contributed by atoms with Crippen molar-refractivity contribution in [3.63, 3.8) is 0 Å². The minimum atomic E-state index is -0.131. The Hall–Kier alpha value is -1.84. The highest BCUT2D eigenvalue weighted by Crippen LogP contribution is 2.23. The van der Waals surface area contributed by atoms with E-state index in [1.807, 2.05) is 0 Å². The average Bonchev–Trinajstić information content (AvgIpc) is 2.28. The van der Waals surface area contributed by atoms with Crippen LogP contribution >= 0.6 is 0 Å². The third-order valence-electron chi connectivity index (χ3n) is 2.22. The van der Waals surface area contributed by atoms with Gasteiger partial charge in [0.1, 0.15) is 5.75 Å². The summed E-state index contributed by atoms with van der Waals surface area (Å²) in [6.45, 7) is 3.47. The lowest BCUT2D eigenvalue weighted by Gasteiger charge is -2.06. The first kappa shape index (κ1) is 12.2. The van der Waals surface area contributed by atoms with Crippen LogP contribution in [0.15, 0.2) is 18.2 Å². The summed E-state index contributed by atoms with van der Waals surface area (Å²) in [7, 11) is 0. The Kier molecular flexibility index (Phi) is 4.05. The molecule has 1 amide bonds. The Labute approximate surface area is 94.3 Å². The topological polar surface area (TPSA) is 66.4 Å². The van der Waals surface area contributed by atoms with Crippen LogP contribution in [0.25, 0.3) is 0 Å². The molecule has 0 radical (unpaired) electrons. The van der Waals surface area contributed by atoms with E-state index in [-0.39, 0.29) is 23.0 Å². The predicted octanol–water partition coefficient (Wildman–Crippen LogP) is 2.33.